The number of ether oxygens (including phenoxy) is 2. The van der Waals surface area contributed by atoms with Crippen molar-refractivity contribution in [2.45, 2.75) is 31.8 Å². The molecule has 0 spiro atoms. The van der Waals surface area contributed by atoms with E-state index in [4.69, 9.17) is 0 Å². The van der Waals surface area contributed by atoms with Gasteiger partial charge in [-0.15, -0.1) is 0 Å². The molecule has 0 radical (unpaired) electrons. The highest BCUT2D eigenvalue weighted by Gasteiger charge is 2.26. The molecule has 0 bridgehead atoms. The molecule has 1 rings (SSSR count). The molecule has 1 aromatic rings. The predicted molar refractivity (Wildman–Crippen MR) is 97.4 cm³/mol. The molecule has 0 aliphatic carbocycles. The third-order valence-corrected chi connectivity index (χ3v) is 3.65. The maximum Gasteiger partial charge on any atom is 0.330 e. The van der Waals surface area contributed by atoms with Crippen LogP contribution in [0.4, 0.5) is 4.39 Å². The number of halogens is 1. The molecule has 152 valence electrons. The van der Waals surface area contributed by atoms with Gasteiger partial charge >= 0.3 is 11.9 Å². The van der Waals surface area contributed by atoms with E-state index in [0.717, 1.165) is 13.2 Å². The lowest BCUT2D eigenvalue weighted by molar-refractivity contribution is -0.145. The number of methoxy groups -OCH3 is 2. The smallest absolute Gasteiger partial charge is 0.330 e. The Bertz CT molecular complexity index is 750. The second kappa shape index (κ2) is 11.5. The fourth-order valence-corrected chi connectivity index (χ4v) is 2.35. The molecule has 0 aromatic heterocycles. The fraction of sp³-hybridized carbons (Fsp3) is 0.368. The molecular weight excluding hydrogens is 371 g/mol. The van der Waals surface area contributed by atoms with Gasteiger partial charge in [-0.05, 0) is 24.1 Å². The fourth-order valence-electron chi connectivity index (χ4n) is 2.35. The molecule has 9 heteroatoms. The van der Waals surface area contributed by atoms with E-state index in [9.17, 15) is 23.6 Å². The Morgan fingerprint density at radius 2 is 1.82 bits per heavy atom. The highest BCUT2D eigenvalue weighted by Crippen LogP contribution is 2.08. The van der Waals surface area contributed by atoms with Crippen LogP contribution in [0.15, 0.2) is 36.4 Å². The summed E-state index contributed by atoms with van der Waals surface area (Å²) in [4.78, 5) is 47.1. The topological polar surface area (TPSA) is 111 Å². The van der Waals surface area contributed by atoms with Crippen LogP contribution in [-0.2, 0) is 35.1 Å². The lowest BCUT2D eigenvalue weighted by Crippen LogP contribution is -2.52. The van der Waals surface area contributed by atoms with Crippen LogP contribution < -0.4 is 10.6 Å². The van der Waals surface area contributed by atoms with Crippen molar-refractivity contribution in [1.82, 2.24) is 10.6 Å². The number of hydrogen-bond acceptors (Lipinski definition) is 6. The average molecular weight is 394 g/mol. The quantitative estimate of drug-likeness (QED) is 0.470. The van der Waals surface area contributed by atoms with Crippen molar-refractivity contribution in [3.05, 3.63) is 47.8 Å². The molecule has 8 nitrogen and oxygen atoms in total. The second-order valence-electron chi connectivity index (χ2n) is 5.83. The highest BCUT2D eigenvalue weighted by atomic mass is 19.1. The molecular formula is C19H23FN2O6. The van der Waals surface area contributed by atoms with E-state index in [1.165, 1.54) is 38.3 Å². The summed E-state index contributed by atoms with van der Waals surface area (Å²) >= 11 is 0. The van der Waals surface area contributed by atoms with Gasteiger partial charge in [-0.2, -0.15) is 0 Å². The molecule has 0 fully saturated rings. The molecule has 2 N–H and O–H groups in total. The van der Waals surface area contributed by atoms with Crippen LogP contribution in [0.2, 0.25) is 0 Å². The molecule has 2 amide bonds. The molecule has 0 saturated heterocycles. The van der Waals surface area contributed by atoms with Crippen molar-refractivity contribution in [1.29, 1.82) is 0 Å². The van der Waals surface area contributed by atoms with Crippen molar-refractivity contribution in [2.24, 2.45) is 0 Å². The Labute approximate surface area is 162 Å². The van der Waals surface area contributed by atoms with Gasteiger partial charge in [-0.1, -0.05) is 18.2 Å². The van der Waals surface area contributed by atoms with E-state index >= 15 is 0 Å². The van der Waals surface area contributed by atoms with Crippen molar-refractivity contribution in [3.63, 3.8) is 0 Å². The number of hydrogen-bond donors (Lipinski definition) is 2. The van der Waals surface area contributed by atoms with Gasteiger partial charge in [0.05, 0.1) is 14.2 Å². The number of carbonyl (C=O) groups is 4. The Morgan fingerprint density at radius 1 is 1.11 bits per heavy atom. The van der Waals surface area contributed by atoms with Crippen molar-refractivity contribution < 1.29 is 33.0 Å². The minimum atomic E-state index is -1.08. The highest BCUT2D eigenvalue weighted by molar-refractivity contribution is 5.90. The molecule has 1 aromatic carbocycles. The van der Waals surface area contributed by atoms with Gasteiger partial charge in [0.1, 0.15) is 17.9 Å². The summed E-state index contributed by atoms with van der Waals surface area (Å²) < 4.78 is 22.5. The molecule has 0 saturated carbocycles. The van der Waals surface area contributed by atoms with Gasteiger partial charge in [-0.3, -0.25) is 9.59 Å². The molecule has 28 heavy (non-hydrogen) atoms. The van der Waals surface area contributed by atoms with Crippen molar-refractivity contribution in [2.75, 3.05) is 14.2 Å². The SMILES string of the molecule is COC(=O)/C=C/C[C@H](NC(=O)[C@@H](Cc1cccc(F)c1)NC(C)=O)C(=O)OC. The lowest BCUT2D eigenvalue weighted by Gasteiger charge is -2.21. The first-order valence-corrected chi connectivity index (χ1v) is 8.41. The monoisotopic (exact) mass is 394 g/mol. The first kappa shape index (κ1) is 22.8. The van der Waals surface area contributed by atoms with Gasteiger partial charge in [0, 0.05) is 19.4 Å². The summed E-state index contributed by atoms with van der Waals surface area (Å²) in [6.45, 7) is 1.24. The zero-order valence-corrected chi connectivity index (χ0v) is 15.9. The molecule has 0 heterocycles. The Kier molecular flexibility index (Phi) is 9.35. The number of esters is 2. The minimum absolute atomic E-state index is 0.0229. The average Bonchev–Trinajstić information content (AvgIpc) is 2.65. The van der Waals surface area contributed by atoms with Gasteiger partial charge < -0.3 is 20.1 Å². The predicted octanol–water partition coefficient (Wildman–Crippen LogP) is 0.650. The van der Waals surface area contributed by atoms with Crippen LogP contribution >= 0.6 is 0 Å². The van der Waals surface area contributed by atoms with Crippen LogP contribution in [0.3, 0.4) is 0 Å². The molecule has 0 aliphatic heterocycles. The number of rotatable bonds is 9. The normalized spacial score (nSPS) is 12.7. The summed E-state index contributed by atoms with van der Waals surface area (Å²) in [7, 11) is 2.36. The molecule has 0 unspecified atom stereocenters. The Balaban J connectivity index is 2.91. The van der Waals surface area contributed by atoms with Crippen LogP contribution in [0, 0.1) is 5.82 Å². The largest absolute Gasteiger partial charge is 0.467 e. The number of amides is 2. The van der Waals surface area contributed by atoms with Crippen LogP contribution in [-0.4, -0.2) is 50.1 Å². The van der Waals surface area contributed by atoms with E-state index in [1.54, 1.807) is 6.07 Å². The zero-order chi connectivity index (χ0) is 21.1. The summed E-state index contributed by atoms with van der Waals surface area (Å²) in [5.74, 6) is -2.93. The van der Waals surface area contributed by atoms with Crippen LogP contribution in [0.5, 0.6) is 0 Å². The summed E-state index contributed by atoms with van der Waals surface area (Å²) in [6, 6.07) is 3.50. The standard InChI is InChI=1S/C19H23FN2O6/c1-12(23)21-16(11-13-6-4-7-14(20)10-13)18(25)22-15(19(26)28-3)8-5-9-17(24)27-2/h4-7,9-10,15-16H,8,11H2,1-3H3,(H,21,23)(H,22,25)/b9-5+/t15-,16+/m0/s1. The van der Waals surface area contributed by atoms with Gasteiger partial charge in [0.25, 0.3) is 0 Å². The van der Waals surface area contributed by atoms with Gasteiger partial charge in [-0.25, -0.2) is 14.0 Å². The lowest BCUT2D eigenvalue weighted by atomic mass is 10.0. The Hall–Kier alpha value is -3.23. The maximum atomic E-state index is 13.4. The van der Waals surface area contributed by atoms with E-state index in [-0.39, 0.29) is 12.8 Å². The molecule has 2 atom stereocenters. The van der Waals surface area contributed by atoms with E-state index in [1.807, 2.05) is 0 Å². The van der Waals surface area contributed by atoms with Crippen LogP contribution in [0.25, 0.3) is 0 Å². The maximum absolute atomic E-state index is 13.4. The number of nitrogens with one attached hydrogen (secondary N) is 2. The third kappa shape index (κ3) is 7.98. The summed E-state index contributed by atoms with van der Waals surface area (Å²) in [6.07, 6.45) is 2.46. The first-order chi connectivity index (χ1) is 13.3. The van der Waals surface area contributed by atoms with Crippen molar-refractivity contribution >= 4 is 23.8 Å². The van der Waals surface area contributed by atoms with E-state index in [0.29, 0.717) is 5.56 Å². The second-order valence-corrected chi connectivity index (χ2v) is 5.83. The van der Waals surface area contributed by atoms with Gasteiger partial charge in [0.2, 0.25) is 11.8 Å². The Morgan fingerprint density at radius 3 is 2.39 bits per heavy atom. The minimum Gasteiger partial charge on any atom is -0.467 e. The summed E-state index contributed by atoms with van der Waals surface area (Å²) in [5.41, 5.74) is 0.495. The first-order valence-electron chi connectivity index (χ1n) is 8.41. The number of carbonyl (C=O) groups excluding carboxylic acids is 4. The van der Waals surface area contributed by atoms with Crippen molar-refractivity contribution in [3.8, 4) is 0 Å². The van der Waals surface area contributed by atoms with Gasteiger partial charge in [0.15, 0.2) is 0 Å². The van der Waals surface area contributed by atoms with E-state index < -0.39 is 41.7 Å². The summed E-state index contributed by atoms with van der Waals surface area (Å²) in [5, 5.41) is 4.95. The van der Waals surface area contributed by atoms with E-state index in [2.05, 4.69) is 20.1 Å². The molecule has 0 aliphatic rings. The third-order valence-electron chi connectivity index (χ3n) is 3.65. The van der Waals surface area contributed by atoms with Crippen LogP contribution in [0.1, 0.15) is 18.9 Å². The number of benzene rings is 1. The zero-order valence-electron chi connectivity index (χ0n) is 15.9.